The van der Waals surface area contributed by atoms with Gasteiger partial charge < -0.3 is 10.2 Å². The van der Waals surface area contributed by atoms with Crippen LogP contribution in [0.3, 0.4) is 0 Å². The van der Waals surface area contributed by atoms with E-state index in [0.29, 0.717) is 12.6 Å². The summed E-state index contributed by atoms with van der Waals surface area (Å²) in [5.74, 6) is 0.895. The van der Waals surface area contributed by atoms with E-state index in [1.165, 1.54) is 19.4 Å². The summed E-state index contributed by atoms with van der Waals surface area (Å²) < 4.78 is 5.58. The smallest absolute Gasteiger partial charge is 0.211 e. The summed E-state index contributed by atoms with van der Waals surface area (Å²) in [5.41, 5.74) is 6.53. The molecule has 4 nitrogen and oxygen atoms in total. The lowest BCUT2D eigenvalue weighted by Gasteiger charge is -2.19. The van der Waals surface area contributed by atoms with Crippen LogP contribution in [0.4, 0.5) is 0 Å². The van der Waals surface area contributed by atoms with Crippen molar-refractivity contribution >= 4 is 0 Å². The predicted octanol–water partition coefficient (Wildman–Crippen LogP) is 1.72. The van der Waals surface area contributed by atoms with Crippen molar-refractivity contribution in [2.45, 2.75) is 38.6 Å². The molecule has 0 radical (unpaired) electrons. The first-order chi connectivity index (χ1) is 7.85. The Morgan fingerprint density at radius 1 is 1.62 bits per heavy atom. The number of nitrogens with zero attached hydrogens (tertiary/aromatic N) is 2. The lowest BCUT2D eigenvalue weighted by Crippen LogP contribution is -2.22. The number of nitrogens with two attached hydrogens (primary N) is 1. The van der Waals surface area contributed by atoms with Crippen molar-refractivity contribution in [3.8, 4) is 0 Å². The average molecular weight is 223 g/mol. The van der Waals surface area contributed by atoms with Crippen molar-refractivity contribution in [1.82, 2.24) is 9.88 Å². The number of aryl methyl sites for hydroxylation is 1. The van der Waals surface area contributed by atoms with Gasteiger partial charge in [-0.25, -0.2) is 4.98 Å². The minimum atomic E-state index is 0.400. The predicted molar refractivity (Wildman–Crippen MR) is 63.1 cm³/mol. The maximum absolute atomic E-state index is 5.58. The van der Waals surface area contributed by atoms with E-state index in [0.717, 1.165) is 31.0 Å². The molecule has 2 N–H and O–H groups in total. The lowest BCUT2D eigenvalue weighted by atomic mass is 10.2. The van der Waals surface area contributed by atoms with Crippen LogP contribution in [0, 0.1) is 0 Å². The Labute approximate surface area is 96.8 Å². The van der Waals surface area contributed by atoms with Crippen LogP contribution >= 0.6 is 0 Å². The van der Waals surface area contributed by atoms with E-state index in [9.17, 15) is 0 Å². The molecule has 0 aromatic carbocycles. The molecule has 1 saturated heterocycles. The van der Waals surface area contributed by atoms with Crippen LogP contribution in [0.15, 0.2) is 10.7 Å². The van der Waals surface area contributed by atoms with Gasteiger partial charge in [-0.05, 0) is 45.3 Å². The second kappa shape index (κ2) is 5.46. The molecule has 90 valence electrons. The fraction of sp³-hybridized carbons (Fsp3) is 0.750. The molecular formula is C12H21N3O. The molecule has 1 aliphatic rings. The molecule has 1 unspecified atom stereocenters. The fourth-order valence-corrected chi connectivity index (χ4v) is 2.36. The number of rotatable bonds is 5. The Bertz CT molecular complexity index is 324. The second-order valence-corrected chi connectivity index (χ2v) is 4.36. The molecule has 1 aromatic rings. The highest BCUT2D eigenvalue weighted by atomic mass is 16.3. The Kier molecular flexibility index (Phi) is 3.96. The van der Waals surface area contributed by atoms with Gasteiger partial charge in [0.1, 0.15) is 6.26 Å². The third-order valence-corrected chi connectivity index (χ3v) is 3.26. The van der Waals surface area contributed by atoms with Gasteiger partial charge in [0.2, 0.25) is 5.89 Å². The highest BCUT2D eigenvalue weighted by Crippen LogP contribution is 2.30. The van der Waals surface area contributed by atoms with Crippen LogP contribution in [0.2, 0.25) is 0 Å². The van der Waals surface area contributed by atoms with Crippen molar-refractivity contribution in [2.24, 2.45) is 5.73 Å². The van der Waals surface area contributed by atoms with Crippen LogP contribution in [-0.4, -0.2) is 29.5 Å². The summed E-state index contributed by atoms with van der Waals surface area (Å²) >= 11 is 0. The SMILES string of the molecule is CCN1CCCC1c1nc(CCCN)co1. The molecule has 1 atom stereocenters. The number of oxazole rings is 1. The molecule has 0 spiro atoms. The molecule has 16 heavy (non-hydrogen) atoms. The number of hydrogen-bond acceptors (Lipinski definition) is 4. The minimum absolute atomic E-state index is 0.400. The standard InChI is InChI=1S/C12H21N3O/c1-2-15-8-4-6-11(15)12-14-10(9-16-12)5-3-7-13/h9,11H,2-8,13H2,1H3. The number of likely N-dealkylation sites (tertiary alicyclic amines) is 1. The maximum atomic E-state index is 5.58. The van der Waals surface area contributed by atoms with Gasteiger partial charge in [-0.1, -0.05) is 6.92 Å². The van der Waals surface area contributed by atoms with Crippen molar-refractivity contribution < 1.29 is 4.42 Å². The molecule has 2 rings (SSSR count). The van der Waals surface area contributed by atoms with Gasteiger partial charge in [-0.3, -0.25) is 4.90 Å². The molecule has 1 aromatic heterocycles. The average Bonchev–Trinajstić information content (AvgIpc) is 2.94. The van der Waals surface area contributed by atoms with Gasteiger partial charge >= 0.3 is 0 Å². The molecule has 0 bridgehead atoms. The van der Waals surface area contributed by atoms with Crippen molar-refractivity contribution in [2.75, 3.05) is 19.6 Å². The van der Waals surface area contributed by atoms with Crippen LogP contribution in [0.1, 0.15) is 43.8 Å². The van der Waals surface area contributed by atoms with E-state index in [4.69, 9.17) is 10.2 Å². The molecule has 0 saturated carbocycles. The van der Waals surface area contributed by atoms with E-state index in [1.54, 1.807) is 6.26 Å². The third-order valence-electron chi connectivity index (χ3n) is 3.26. The van der Waals surface area contributed by atoms with E-state index < -0.39 is 0 Å². The van der Waals surface area contributed by atoms with Crippen molar-refractivity contribution in [1.29, 1.82) is 0 Å². The Hall–Kier alpha value is -0.870. The van der Waals surface area contributed by atoms with Gasteiger partial charge in [-0.2, -0.15) is 0 Å². The van der Waals surface area contributed by atoms with Crippen molar-refractivity contribution in [3.63, 3.8) is 0 Å². The monoisotopic (exact) mass is 223 g/mol. The first-order valence-corrected chi connectivity index (χ1v) is 6.23. The highest BCUT2D eigenvalue weighted by molar-refractivity contribution is 5.02. The van der Waals surface area contributed by atoms with E-state index in [-0.39, 0.29) is 0 Å². The number of aromatic nitrogens is 1. The Morgan fingerprint density at radius 3 is 3.25 bits per heavy atom. The van der Waals surface area contributed by atoms with Crippen LogP contribution < -0.4 is 5.73 Å². The van der Waals surface area contributed by atoms with Gasteiger partial charge in [0.25, 0.3) is 0 Å². The number of hydrogen-bond donors (Lipinski definition) is 1. The first-order valence-electron chi connectivity index (χ1n) is 6.23. The molecule has 2 heterocycles. The summed E-state index contributed by atoms with van der Waals surface area (Å²) in [7, 11) is 0. The Morgan fingerprint density at radius 2 is 2.50 bits per heavy atom. The van der Waals surface area contributed by atoms with Crippen LogP contribution in [0.5, 0.6) is 0 Å². The molecule has 1 aliphatic heterocycles. The van der Waals surface area contributed by atoms with E-state index in [2.05, 4.69) is 16.8 Å². The molecular weight excluding hydrogens is 202 g/mol. The summed E-state index contributed by atoms with van der Waals surface area (Å²) in [6.45, 7) is 5.15. The second-order valence-electron chi connectivity index (χ2n) is 4.36. The van der Waals surface area contributed by atoms with Crippen LogP contribution in [-0.2, 0) is 6.42 Å². The fourth-order valence-electron chi connectivity index (χ4n) is 2.36. The summed E-state index contributed by atoms with van der Waals surface area (Å²) in [4.78, 5) is 6.99. The zero-order valence-electron chi connectivity index (χ0n) is 9.98. The largest absolute Gasteiger partial charge is 0.447 e. The minimum Gasteiger partial charge on any atom is -0.447 e. The Balaban J connectivity index is 2.00. The molecule has 4 heteroatoms. The summed E-state index contributed by atoms with van der Waals surface area (Å²) in [5, 5.41) is 0. The van der Waals surface area contributed by atoms with Gasteiger partial charge in [0.15, 0.2) is 0 Å². The molecule has 0 aliphatic carbocycles. The lowest BCUT2D eigenvalue weighted by molar-refractivity contribution is 0.233. The van der Waals surface area contributed by atoms with Crippen molar-refractivity contribution in [3.05, 3.63) is 17.8 Å². The van der Waals surface area contributed by atoms with Gasteiger partial charge in [0.05, 0.1) is 11.7 Å². The van der Waals surface area contributed by atoms with Crippen LogP contribution in [0.25, 0.3) is 0 Å². The van der Waals surface area contributed by atoms with E-state index in [1.807, 2.05) is 0 Å². The van der Waals surface area contributed by atoms with Gasteiger partial charge in [0, 0.05) is 0 Å². The zero-order chi connectivity index (χ0) is 11.4. The normalized spacial score (nSPS) is 21.8. The highest BCUT2D eigenvalue weighted by Gasteiger charge is 2.28. The molecule has 0 amide bonds. The summed E-state index contributed by atoms with van der Waals surface area (Å²) in [6.07, 6.45) is 6.12. The maximum Gasteiger partial charge on any atom is 0.211 e. The summed E-state index contributed by atoms with van der Waals surface area (Å²) in [6, 6.07) is 0.400. The zero-order valence-corrected chi connectivity index (χ0v) is 9.98. The molecule has 1 fully saturated rings. The third kappa shape index (κ3) is 2.44. The quantitative estimate of drug-likeness (QED) is 0.826. The van der Waals surface area contributed by atoms with E-state index >= 15 is 0 Å². The van der Waals surface area contributed by atoms with Gasteiger partial charge in [-0.15, -0.1) is 0 Å². The topological polar surface area (TPSA) is 55.3 Å². The first kappa shape index (κ1) is 11.6.